The van der Waals surface area contributed by atoms with Gasteiger partial charge in [0, 0.05) is 0 Å². The molecule has 0 aromatic heterocycles. The monoisotopic (exact) mass is 194 g/mol. The second kappa shape index (κ2) is 4.12. The molecule has 1 heteroatoms. The summed E-state index contributed by atoms with van der Waals surface area (Å²) in [6.45, 7) is 10.3. The van der Waals surface area contributed by atoms with E-state index in [0.29, 0.717) is 5.92 Å². The topological polar surface area (TPSA) is 0 Å². The SMILES string of the molecule is Cc1cc(C)c(C(C)C(C)C)c(F)c1. The number of hydrogen-bond donors (Lipinski definition) is 0. The second-order valence-electron chi connectivity index (χ2n) is 4.51. The Hall–Kier alpha value is -0.850. The first kappa shape index (κ1) is 11.2. The van der Waals surface area contributed by atoms with Gasteiger partial charge in [0.2, 0.25) is 0 Å². The largest absolute Gasteiger partial charge is 0.207 e. The van der Waals surface area contributed by atoms with Gasteiger partial charge in [-0.15, -0.1) is 0 Å². The van der Waals surface area contributed by atoms with E-state index in [1.165, 1.54) is 0 Å². The Bertz CT molecular complexity index is 303. The van der Waals surface area contributed by atoms with Gasteiger partial charge in [-0.05, 0) is 48.4 Å². The lowest BCUT2D eigenvalue weighted by molar-refractivity contribution is 0.498. The maximum absolute atomic E-state index is 13.7. The summed E-state index contributed by atoms with van der Waals surface area (Å²) in [6.07, 6.45) is 0. The lowest BCUT2D eigenvalue weighted by atomic mass is 9.86. The Kier molecular flexibility index (Phi) is 3.30. The highest BCUT2D eigenvalue weighted by Crippen LogP contribution is 2.29. The van der Waals surface area contributed by atoms with Gasteiger partial charge >= 0.3 is 0 Å². The molecule has 0 aliphatic carbocycles. The van der Waals surface area contributed by atoms with Gasteiger partial charge in [0.05, 0.1) is 0 Å². The lowest BCUT2D eigenvalue weighted by Gasteiger charge is -2.19. The molecule has 1 atom stereocenters. The number of benzene rings is 1. The molecule has 0 saturated heterocycles. The fraction of sp³-hybridized carbons (Fsp3) is 0.538. The van der Waals surface area contributed by atoms with Crippen molar-refractivity contribution < 1.29 is 4.39 Å². The molecule has 14 heavy (non-hydrogen) atoms. The highest BCUT2D eigenvalue weighted by molar-refractivity contribution is 5.34. The molecule has 0 heterocycles. The minimum atomic E-state index is -0.0521. The van der Waals surface area contributed by atoms with Crippen LogP contribution in [0, 0.1) is 25.6 Å². The molecule has 78 valence electrons. The van der Waals surface area contributed by atoms with Crippen molar-refractivity contribution in [1.29, 1.82) is 0 Å². The molecule has 1 aromatic carbocycles. The first-order valence-electron chi connectivity index (χ1n) is 5.20. The quantitative estimate of drug-likeness (QED) is 0.661. The highest BCUT2D eigenvalue weighted by Gasteiger charge is 2.16. The summed E-state index contributed by atoms with van der Waals surface area (Å²) in [6, 6.07) is 3.68. The van der Waals surface area contributed by atoms with E-state index in [0.717, 1.165) is 16.7 Å². The smallest absolute Gasteiger partial charge is 0.127 e. The van der Waals surface area contributed by atoms with Crippen LogP contribution in [0.1, 0.15) is 43.4 Å². The molecule has 0 fully saturated rings. The van der Waals surface area contributed by atoms with E-state index in [9.17, 15) is 4.39 Å². The molecule has 0 nitrogen and oxygen atoms in total. The maximum Gasteiger partial charge on any atom is 0.127 e. The van der Waals surface area contributed by atoms with Gasteiger partial charge in [-0.1, -0.05) is 26.8 Å². The predicted octanol–water partition coefficient (Wildman–Crippen LogP) is 4.20. The van der Waals surface area contributed by atoms with Gasteiger partial charge in [-0.3, -0.25) is 0 Å². The first-order chi connectivity index (χ1) is 6.43. The molecule has 0 amide bonds. The Morgan fingerprint density at radius 3 is 2.07 bits per heavy atom. The van der Waals surface area contributed by atoms with Crippen LogP contribution in [0.4, 0.5) is 4.39 Å². The molecule has 1 unspecified atom stereocenters. The van der Waals surface area contributed by atoms with E-state index in [1.807, 2.05) is 13.8 Å². The Morgan fingerprint density at radius 1 is 1.07 bits per heavy atom. The zero-order valence-electron chi connectivity index (χ0n) is 9.69. The van der Waals surface area contributed by atoms with Crippen molar-refractivity contribution in [1.82, 2.24) is 0 Å². The third-order valence-electron chi connectivity index (χ3n) is 2.94. The van der Waals surface area contributed by atoms with Gasteiger partial charge in [0.1, 0.15) is 5.82 Å². The van der Waals surface area contributed by atoms with E-state index >= 15 is 0 Å². The normalized spacial score (nSPS) is 13.4. The van der Waals surface area contributed by atoms with Gasteiger partial charge in [-0.25, -0.2) is 4.39 Å². The van der Waals surface area contributed by atoms with E-state index in [-0.39, 0.29) is 11.7 Å². The van der Waals surface area contributed by atoms with E-state index in [4.69, 9.17) is 0 Å². The zero-order chi connectivity index (χ0) is 10.9. The van der Waals surface area contributed by atoms with Crippen molar-refractivity contribution in [3.63, 3.8) is 0 Å². The summed E-state index contributed by atoms with van der Waals surface area (Å²) in [5.41, 5.74) is 2.95. The third-order valence-corrected chi connectivity index (χ3v) is 2.94. The Balaban J connectivity index is 3.20. The fourth-order valence-electron chi connectivity index (χ4n) is 1.84. The van der Waals surface area contributed by atoms with Crippen LogP contribution in [0.2, 0.25) is 0 Å². The standard InChI is InChI=1S/C13H19F/c1-8(2)11(5)13-10(4)6-9(3)7-12(13)14/h6-8,11H,1-5H3. The zero-order valence-corrected chi connectivity index (χ0v) is 9.69. The van der Waals surface area contributed by atoms with Crippen molar-refractivity contribution in [2.45, 2.75) is 40.5 Å². The third kappa shape index (κ3) is 2.14. The van der Waals surface area contributed by atoms with Crippen LogP contribution in [0.25, 0.3) is 0 Å². The highest BCUT2D eigenvalue weighted by atomic mass is 19.1. The lowest BCUT2D eigenvalue weighted by Crippen LogP contribution is -2.07. The van der Waals surface area contributed by atoms with Crippen LogP contribution in [-0.2, 0) is 0 Å². The Morgan fingerprint density at radius 2 is 1.64 bits per heavy atom. The van der Waals surface area contributed by atoms with Gasteiger partial charge < -0.3 is 0 Å². The van der Waals surface area contributed by atoms with Crippen molar-refractivity contribution in [2.75, 3.05) is 0 Å². The molecule has 0 radical (unpaired) electrons. The predicted molar refractivity (Wildman–Crippen MR) is 59.1 cm³/mol. The van der Waals surface area contributed by atoms with Crippen LogP contribution >= 0.6 is 0 Å². The summed E-state index contributed by atoms with van der Waals surface area (Å²) < 4.78 is 13.7. The summed E-state index contributed by atoms with van der Waals surface area (Å²) in [5, 5.41) is 0. The molecule has 0 aliphatic rings. The van der Waals surface area contributed by atoms with Gasteiger partial charge in [0.25, 0.3) is 0 Å². The molecule has 1 rings (SSSR count). The molecule has 1 aromatic rings. The molecule has 0 bridgehead atoms. The summed E-state index contributed by atoms with van der Waals surface area (Å²) in [5.74, 6) is 0.713. The second-order valence-corrected chi connectivity index (χ2v) is 4.51. The van der Waals surface area contributed by atoms with Crippen LogP contribution < -0.4 is 0 Å². The van der Waals surface area contributed by atoms with Crippen molar-refractivity contribution in [2.24, 2.45) is 5.92 Å². The van der Waals surface area contributed by atoms with Crippen molar-refractivity contribution in [3.05, 3.63) is 34.6 Å². The summed E-state index contributed by atoms with van der Waals surface area (Å²) in [4.78, 5) is 0. The molecular formula is C13H19F. The molecule has 0 aliphatic heterocycles. The number of hydrogen-bond acceptors (Lipinski definition) is 0. The Labute approximate surface area is 86.2 Å². The first-order valence-corrected chi connectivity index (χ1v) is 5.20. The van der Waals surface area contributed by atoms with E-state index in [2.05, 4.69) is 26.8 Å². The minimum Gasteiger partial charge on any atom is -0.207 e. The average molecular weight is 194 g/mol. The summed E-state index contributed by atoms with van der Waals surface area (Å²) in [7, 11) is 0. The molecule has 0 saturated carbocycles. The molecular weight excluding hydrogens is 175 g/mol. The molecule has 0 spiro atoms. The van der Waals surface area contributed by atoms with E-state index < -0.39 is 0 Å². The van der Waals surface area contributed by atoms with Crippen LogP contribution in [0.15, 0.2) is 12.1 Å². The van der Waals surface area contributed by atoms with Crippen LogP contribution in [-0.4, -0.2) is 0 Å². The fourth-order valence-corrected chi connectivity index (χ4v) is 1.84. The minimum absolute atomic E-state index is 0.0521. The number of aryl methyl sites for hydroxylation is 2. The molecule has 0 N–H and O–H groups in total. The number of rotatable bonds is 2. The van der Waals surface area contributed by atoms with E-state index in [1.54, 1.807) is 6.07 Å². The number of halogens is 1. The van der Waals surface area contributed by atoms with Crippen LogP contribution in [0.5, 0.6) is 0 Å². The van der Waals surface area contributed by atoms with Crippen molar-refractivity contribution in [3.8, 4) is 0 Å². The van der Waals surface area contributed by atoms with Crippen molar-refractivity contribution >= 4 is 0 Å². The summed E-state index contributed by atoms with van der Waals surface area (Å²) >= 11 is 0. The van der Waals surface area contributed by atoms with Crippen LogP contribution in [0.3, 0.4) is 0 Å². The average Bonchev–Trinajstić information content (AvgIpc) is 2.01. The van der Waals surface area contributed by atoms with Gasteiger partial charge in [-0.2, -0.15) is 0 Å². The van der Waals surface area contributed by atoms with Gasteiger partial charge in [0.15, 0.2) is 0 Å². The maximum atomic E-state index is 13.7.